The van der Waals surface area contributed by atoms with E-state index >= 15 is 13.2 Å². The van der Waals surface area contributed by atoms with Crippen molar-refractivity contribution in [2.24, 2.45) is 5.92 Å². The molecule has 1 saturated carbocycles. The second-order valence-corrected chi connectivity index (χ2v) is 12.0. The maximum atomic E-state index is 15.8. The van der Waals surface area contributed by atoms with E-state index in [1.54, 1.807) is 12.1 Å². The van der Waals surface area contributed by atoms with Crippen LogP contribution >= 0.6 is 0 Å². The van der Waals surface area contributed by atoms with Gasteiger partial charge in [-0.3, -0.25) is 0 Å². The third kappa shape index (κ3) is 6.74. The predicted molar refractivity (Wildman–Crippen MR) is 148 cm³/mol. The lowest BCUT2D eigenvalue weighted by Gasteiger charge is -2.32. The van der Waals surface area contributed by atoms with Crippen molar-refractivity contribution in [1.29, 1.82) is 0 Å². The average Bonchev–Trinajstić information content (AvgIpc) is 2.99. The first kappa shape index (κ1) is 32.2. The van der Waals surface area contributed by atoms with Crippen LogP contribution < -0.4 is 4.74 Å². The van der Waals surface area contributed by atoms with Gasteiger partial charge in [0.15, 0.2) is 34.8 Å². The maximum absolute atomic E-state index is 15.8. The van der Waals surface area contributed by atoms with Crippen molar-refractivity contribution < 1.29 is 44.3 Å². The maximum Gasteiger partial charge on any atom is 0.573 e. The molecule has 2 aliphatic carbocycles. The third-order valence-electron chi connectivity index (χ3n) is 9.23. The summed E-state index contributed by atoms with van der Waals surface area (Å²) < 4.78 is 131. The number of rotatable bonds is 8. The van der Waals surface area contributed by atoms with Crippen LogP contribution in [0.1, 0.15) is 97.1 Å². The Morgan fingerprint density at radius 3 is 1.95 bits per heavy atom. The zero-order chi connectivity index (χ0) is 31.8. The number of hydrogen-bond donors (Lipinski definition) is 0. The van der Waals surface area contributed by atoms with Gasteiger partial charge in [-0.1, -0.05) is 31.5 Å². The molecule has 5 rings (SSSR count). The first-order chi connectivity index (χ1) is 20.9. The highest BCUT2D eigenvalue weighted by Crippen LogP contribution is 2.45. The average molecular weight is 629 g/mol. The van der Waals surface area contributed by atoms with Crippen molar-refractivity contribution in [3.63, 3.8) is 0 Å². The number of hydrogen-bond acceptors (Lipinski definition) is 1. The summed E-state index contributed by atoms with van der Waals surface area (Å²) in [6.07, 6.45) is -1.11. The molecule has 0 saturated heterocycles. The fourth-order valence-corrected chi connectivity index (χ4v) is 6.93. The summed E-state index contributed by atoms with van der Waals surface area (Å²) in [6, 6.07) is 6.38. The molecular weight excluding hydrogens is 595 g/mol. The quantitative estimate of drug-likeness (QED) is 0.178. The molecule has 0 aliphatic heterocycles. The van der Waals surface area contributed by atoms with Crippen LogP contribution in [-0.4, -0.2) is 6.36 Å². The number of halogens is 9. The number of aryl methyl sites for hydroxylation is 2. The lowest BCUT2D eigenvalue weighted by atomic mass is 9.73. The van der Waals surface area contributed by atoms with E-state index in [2.05, 4.69) is 4.74 Å². The number of fused-ring (bicyclic) bond motifs is 1. The van der Waals surface area contributed by atoms with Crippen molar-refractivity contribution >= 4 is 0 Å². The van der Waals surface area contributed by atoms with E-state index in [1.807, 2.05) is 6.92 Å². The Kier molecular flexibility index (Phi) is 9.56. The summed E-state index contributed by atoms with van der Waals surface area (Å²) in [5.74, 6) is -7.86. The SMILES string of the molecule is CCCc1ccc(CCC2CCc3c(F)c(C4CCC(c5ccc(OC(F)(F)F)c(F)c5)CC4)c(F)c(F)c3C2)c(F)c1F. The van der Waals surface area contributed by atoms with Crippen molar-refractivity contribution in [1.82, 2.24) is 0 Å². The molecule has 0 aromatic heterocycles. The monoisotopic (exact) mass is 628 g/mol. The van der Waals surface area contributed by atoms with Gasteiger partial charge in [0.25, 0.3) is 0 Å². The van der Waals surface area contributed by atoms with E-state index in [-0.39, 0.29) is 53.4 Å². The van der Waals surface area contributed by atoms with Gasteiger partial charge in [-0.25, -0.2) is 26.3 Å². The van der Waals surface area contributed by atoms with E-state index in [0.29, 0.717) is 62.5 Å². The van der Waals surface area contributed by atoms with Gasteiger partial charge < -0.3 is 4.74 Å². The molecule has 1 nitrogen and oxygen atoms in total. The molecule has 0 amide bonds. The van der Waals surface area contributed by atoms with Crippen LogP contribution in [0.15, 0.2) is 30.3 Å². The van der Waals surface area contributed by atoms with Gasteiger partial charge in [0, 0.05) is 5.56 Å². The molecule has 1 fully saturated rings. The summed E-state index contributed by atoms with van der Waals surface area (Å²) in [4.78, 5) is 0. The van der Waals surface area contributed by atoms with Gasteiger partial charge >= 0.3 is 6.36 Å². The molecule has 3 aromatic carbocycles. The van der Waals surface area contributed by atoms with Crippen molar-refractivity contribution in [2.75, 3.05) is 0 Å². The largest absolute Gasteiger partial charge is 0.573 e. The Morgan fingerprint density at radius 2 is 1.34 bits per heavy atom. The number of ether oxygens (including phenoxy) is 1. The minimum Gasteiger partial charge on any atom is -0.403 e. The highest BCUT2D eigenvalue weighted by molar-refractivity contribution is 5.41. The van der Waals surface area contributed by atoms with Crippen LogP contribution in [0.5, 0.6) is 5.75 Å². The van der Waals surface area contributed by atoms with Crippen LogP contribution in [0.4, 0.5) is 39.5 Å². The molecule has 0 heterocycles. The third-order valence-corrected chi connectivity index (χ3v) is 9.23. The van der Waals surface area contributed by atoms with Crippen molar-refractivity contribution in [3.8, 4) is 5.75 Å². The van der Waals surface area contributed by atoms with E-state index in [4.69, 9.17) is 0 Å². The van der Waals surface area contributed by atoms with Crippen LogP contribution in [0.2, 0.25) is 0 Å². The lowest BCUT2D eigenvalue weighted by molar-refractivity contribution is -0.275. The molecule has 0 spiro atoms. The first-order valence-electron chi connectivity index (χ1n) is 15.1. The highest BCUT2D eigenvalue weighted by atomic mass is 19.4. The molecule has 1 atom stereocenters. The fourth-order valence-electron chi connectivity index (χ4n) is 6.93. The number of alkyl halides is 3. The minimum absolute atomic E-state index is 0.00438. The fraction of sp³-hybridized carbons (Fsp3) is 0.471. The van der Waals surface area contributed by atoms with Crippen LogP contribution in [-0.2, 0) is 25.7 Å². The normalized spacial score (nSPS) is 20.5. The van der Waals surface area contributed by atoms with Crippen molar-refractivity contribution in [3.05, 3.63) is 98.6 Å². The summed E-state index contributed by atoms with van der Waals surface area (Å²) in [6.45, 7) is 1.88. The Bertz CT molecular complexity index is 1510. The Labute approximate surface area is 250 Å². The molecule has 0 bridgehead atoms. The second kappa shape index (κ2) is 13.1. The van der Waals surface area contributed by atoms with Crippen LogP contribution in [0, 0.1) is 40.8 Å². The van der Waals surface area contributed by atoms with E-state index in [9.17, 15) is 26.3 Å². The van der Waals surface area contributed by atoms with E-state index < -0.39 is 52.9 Å². The predicted octanol–water partition coefficient (Wildman–Crippen LogP) is 10.6. The Hall–Kier alpha value is -3.17. The number of benzene rings is 3. The van der Waals surface area contributed by atoms with Gasteiger partial charge in [-0.05, 0) is 122 Å². The van der Waals surface area contributed by atoms with Gasteiger partial charge in [0.1, 0.15) is 5.82 Å². The van der Waals surface area contributed by atoms with Gasteiger partial charge in [-0.15, -0.1) is 13.2 Å². The van der Waals surface area contributed by atoms with Gasteiger partial charge in [0.2, 0.25) is 0 Å². The molecule has 1 unspecified atom stereocenters. The topological polar surface area (TPSA) is 9.23 Å². The van der Waals surface area contributed by atoms with Crippen LogP contribution in [0.25, 0.3) is 0 Å². The minimum atomic E-state index is -5.03. The first-order valence-corrected chi connectivity index (χ1v) is 15.1. The summed E-state index contributed by atoms with van der Waals surface area (Å²) in [5.41, 5.74) is 0.864. The molecule has 44 heavy (non-hydrogen) atoms. The van der Waals surface area contributed by atoms with Gasteiger partial charge in [-0.2, -0.15) is 0 Å². The summed E-state index contributed by atoms with van der Waals surface area (Å²) in [7, 11) is 0. The Morgan fingerprint density at radius 1 is 0.705 bits per heavy atom. The molecule has 0 radical (unpaired) electrons. The standard InChI is InChI=1S/C34H33F9O/c1-2-3-21-11-12-22(30(37)29(21)36)6-4-18-5-14-24-25(16-18)32(39)33(40)28(31(24)38)20-9-7-19(8-10-20)23-13-15-27(26(35)17-23)44-34(41,42)43/h11-13,15,17-20H,2-10,14,16H2,1H3. The van der Waals surface area contributed by atoms with E-state index in [1.165, 1.54) is 6.07 Å². The molecule has 10 heteroatoms. The van der Waals surface area contributed by atoms with Crippen LogP contribution in [0.3, 0.4) is 0 Å². The second-order valence-electron chi connectivity index (χ2n) is 12.0. The molecular formula is C34H33F9O. The lowest BCUT2D eigenvalue weighted by Crippen LogP contribution is -2.23. The van der Waals surface area contributed by atoms with Crippen molar-refractivity contribution in [2.45, 2.75) is 95.8 Å². The molecule has 2 aliphatic rings. The smallest absolute Gasteiger partial charge is 0.403 e. The summed E-state index contributed by atoms with van der Waals surface area (Å²) >= 11 is 0. The summed E-state index contributed by atoms with van der Waals surface area (Å²) in [5, 5.41) is 0. The molecule has 0 N–H and O–H groups in total. The zero-order valence-electron chi connectivity index (χ0n) is 24.2. The van der Waals surface area contributed by atoms with E-state index in [0.717, 1.165) is 12.1 Å². The Balaban J connectivity index is 1.25. The highest BCUT2D eigenvalue weighted by Gasteiger charge is 2.36. The zero-order valence-corrected chi connectivity index (χ0v) is 24.2. The van der Waals surface area contributed by atoms with Gasteiger partial charge in [0.05, 0.1) is 0 Å². The molecule has 3 aromatic rings. The molecule has 238 valence electrons.